The summed E-state index contributed by atoms with van der Waals surface area (Å²) in [4.78, 5) is 19.2. The van der Waals surface area contributed by atoms with Gasteiger partial charge >= 0.3 is 0 Å². The first kappa shape index (κ1) is 18.3. The minimum absolute atomic E-state index is 0.153. The molecule has 1 saturated heterocycles. The summed E-state index contributed by atoms with van der Waals surface area (Å²) < 4.78 is 0. The summed E-state index contributed by atoms with van der Waals surface area (Å²) in [6, 6.07) is 15.3. The van der Waals surface area contributed by atoms with Crippen molar-refractivity contribution in [2.75, 3.05) is 49.1 Å². The fourth-order valence-corrected chi connectivity index (χ4v) is 3.45. The van der Waals surface area contributed by atoms with Crippen LogP contribution in [0.5, 0.6) is 5.75 Å². The topological polar surface area (TPSA) is 47.0 Å². The number of carbonyl (C=O) groups excluding carboxylic acids is 1. The lowest BCUT2D eigenvalue weighted by Gasteiger charge is -2.36. The molecule has 0 unspecified atom stereocenters. The fourth-order valence-electron chi connectivity index (χ4n) is 3.45. The number of hydrogen-bond donors (Lipinski definition) is 1. The van der Waals surface area contributed by atoms with Crippen molar-refractivity contribution in [3.8, 4) is 5.75 Å². The third-order valence-corrected chi connectivity index (χ3v) is 4.97. The number of para-hydroxylation sites is 1. The predicted octanol–water partition coefficient (Wildman–Crippen LogP) is 2.88. The molecule has 3 rings (SSSR count). The van der Waals surface area contributed by atoms with Gasteiger partial charge in [-0.3, -0.25) is 9.69 Å². The summed E-state index contributed by atoms with van der Waals surface area (Å²) in [5, 5.41) is 9.42. The molecule has 0 saturated carbocycles. The van der Waals surface area contributed by atoms with Crippen LogP contribution in [0, 0.1) is 6.92 Å². The zero-order chi connectivity index (χ0) is 18.5. The van der Waals surface area contributed by atoms with E-state index in [0.717, 1.165) is 43.1 Å². The van der Waals surface area contributed by atoms with Gasteiger partial charge in [0.25, 0.3) is 0 Å². The zero-order valence-corrected chi connectivity index (χ0v) is 15.6. The maximum atomic E-state index is 12.8. The number of likely N-dealkylation sites (N-methyl/N-ethyl adjacent to an activating group) is 1. The molecule has 1 fully saturated rings. The molecule has 2 aromatic carbocycles. The maximum Gasteiger partial charge on any atom is 0.241 e. The van der Waals surface area contributed by atoms with Crippen molar-refractivity contribution in [3.63, 3.8) is 0 Å². The normalized spacial score (nSPS) is 15.1. The van der Waals surface area contributed by atoms with Gasteiger partial charge in [-0.15, -0.1) is 0 Å². The lowest BCUT2D eigenvalue weighted by molar-refractivity contribution is -0.119. The van der Waals surface area contributed by atoms with E-state index in [2.05, 4.69) is 9.80 Å². The molecule has 0 aromatic heterocycles. The van der Waals surface area contributed by atoms with Crippen LogP contribution in [0.15, 0.2) is 48.5 Å². The molecular weight excluding hydrogens is 326 g/mol. The van der Waals surface area contributed by atoms with Crippen LogP contribution in [0.4, 0.5) is 11.4 Å². The smallest absolute Gasteiger partial charge is 0.241 e. The molecule has 138 valence electrons. The minimum Gasteiger partial charge on any atom is -0.508 e. The van der Waals surface area contributed by atoms with E-state index in [9.17, 15) is 9.90 Å². The first-order valence-electron chi connectivity index (χ1n) is 9.21. The van der Waals surface area contributed by atoms with E-state index in [-0.39, 0.29) is 11.7 Å². The first-order valence-corrected chi connectivity index (χ1v) is 9.21. The van der Waals surface area contributed by atoms with Crippen LogP contribution in [-0.4, -0.2) is 55.2 Å². The Morgan fingerprint density at radius 3 is 2.31 bits per heavy atom. The number of piperazine rings is 1. The summed E-state index contributed by atoms with van der Waals surface area (Å²) in [7, 11) is 0. The number of nitrogens with zero attached hydrogens (tertiary/aromatic N) is 3. The highest BCUT2D eigenvalue weighted by Gasteiger charge is 2.22. The highest BCUT2D eigenvalue weighted by atomic mass is 16.3. The van der Waals surface area contributed by atoms with E-state index >= 15 is 0 Å². The van der Waals surface area contributed by atoms with E-state index in [1.807, 2.05) is 55.1 Å². The van der Waals surface area contributed by atoms with Crippen LogP contribution in [0.1, 0.15) is 12.5 Å². The molecule has 0 radical (unpaired) electrons. The number of aromatic hydroxyl groups is 1. The van der Waals surface area contributed by atoms with Gasteiger partial charge in [-0.25, -0.2) is 0 Å². The van der Waals surface area contributed by atoms with Gasteiger partial charge in [0.1, 0.15) is 5.75 Å². The summed E-state index contributed by atoms with van der Waals surface area (Å²) in [6.45, 7) is 8.68. The molecule has 1 N–H and O–H groups in total. The Hall–Kier alpha value is -2.53. The number of phenolic OH excluding ortho intramolecular Hbond substituents is 1. The second-order valence-corrected chi connectivity index (χ2v) is 6.70. The Morgan fingerprint density at radius 2 is 1.69 bits per heavy atom. The van der Waals surface area contributed by atoms with Gasteiger partial charge in [0.05, 0.1) is 6.54 Å². The quantitative estimate of drug-likeness (QED) is 0.898. The molecule has 1 heterocycles. The Bertz CT molecular complexity index is 737. The molecule has 0 bridgehead atoms. The predicted molar refractivity (Wildman–Crippen MR) is 106 cm³/mol. The van der Waals surface area contributed by atoms with Gasteiger partial charge < -0.3 is 14.9 Å². The average molecular weight is 353 g/mol. The van der Waals surface area contributed by atoms with Crippen LogP contribution < -0.4 is 9.80 Å². The van der Waals surface area contributed by atoms with Gasteiger partial charge in [0, 0.05) is 44.1 Å². The molecule has 2 aromatic rings. The molecule has 26 heavy (non-hydrogen) atoms. The first-order chi connectivity index (χ1) is 12.6. The summed E-state index contributed by atoms with van der Waals surface area (Å²) in [6.07, 6.45) is 0. The van der Waals surface area contributed by atoms with E-state index in [1.165, 1.54) is 0 Å². The molecule has 5 heteroatoms. The highest BCUT2D eigenvalue weighted by molar-refractivity contribution is 5.95. The number of hydrogen-bond acceptors (Lipinski definition) is 4. The SMILES string of the molecule is CCN(C(=O)CN1CCN(c2ccc(O)cc2)CC1)c1ccccc1C. The highest BCUT2D eigenvalue weighted by Crippen LogP contribution is 2.21. The van der Waals surface area contributed by atoms with Crippen LogP contribution in [-0.2, 0) is 4.79 Å². The number of aryl methyl sites for hydroxylation is 1. The molecule has 5 nitrogen and oxygen atoms in total. The average Bonchev–Trinajstić information content (AvgIpc) is 2.65. The van der Waals surface area contributed by atoms with Crippen molar-refractivity contribution in [3.05, 3.63) is 54.1 Å². The molecule has 1 aliphatic heterocycles. The maximum absolute atomic E-state index is 12.8. The number of benzene rings is 2. The molecule has 0 spiro atoms. The Balaban J connectivity index is 1.57. The van der Waals surface area contributed by atoms with E-state index in [0.29, 0.717) is 13.1 Å². The lowest BCUT2D eigenvalue weighted by atomic mass is 10.1. The largest absolute Gasteiger partial charge is 0.508 e. The van der Waals surface area contributed by atoms with Crippen LogP contribution in [0.2, 0.25) is 0 Å². The number of amides is 1. The van der Waals surface area contributed by atoms with Crippen molar-refractivity contribution in [1.82, 2.24) is 4.90 Å². The third-order valence-electron chi connectivity index (χ3n) is 4.97. The Labute approximate surface area is 155 Å². The van der Waals surface area contributed by atoms with Gasteiger partial charge in [-0.1, -0.05) is 18.2 Å². The van der Waals surface area contributed by atoms with E-state index < -0.39 is 0 Å². The van der Waals surface area contributed by atoms with Gasteiger partial charge in [-0.2, -0.15) is 0 Å². The summed E-state index contributed by atoms with van der Waals surface area (Å²) >= 11 is 0. The van der Waals surface area contributed by atoms with E-state index in [4.69, 9.17) is 0 Å². The monoisotopic (exact) mass is 353 g/mol. The third kappa shape index (κ3) is 4.17. The van der Waals surface area contributed by atoms with E-state index in [1.54, 1.807) is 12.1 Å². The van der Waals surface area contributed by atoms with Crippen LogP contribution >= 0.6 is 0 Å². The van der Waals surface area contributed by atoms with Gasteiger partial charge in [-0.05, 0) is 49.7 Å². The molecule has 1 aliphatic rings. The van der Waals surface area contributed by atoms with Crippen molar-refractivity contribution in [2.45, 2.75) is 13.8 Å². The van der Waals surface area contributed by atoms with Gasteiger partial charge in [0.15, 0.2) is 0 Å². The van der Waals surface area contributed by atoms with Crippen molar-refractivity contribution >= 4 is 17.3 Å². The number of phenols is 1. The second-order valence-electron chi connectivity index (χ2n) is 6.70. The second kappa shape index (κ2) is 8.23. The minimum atomic E-state index is 0.153. The number of carbonyl (C=O) groups is 1. The lowest BCUT2D eigenvalue weighted by Crippen LogP contribution is -2.50. The van der Waals surface area contributed by atoms with Gasteiger partial charge in [0.2, 0.25) is 5.91 Å². The summed E-state index contributed by atoms with van der Waals surface area (Å²) in [5.74, 6) is 0.439. The van der Waals surface area contributed by atoms with Crippen molar-refractivity contribution in [2.24, 2.45) is 0 Å². The fraction of sp³-hybridized carbons (Fsp3) is 0.381. The molecular formula is C21H27N3O2. The van der Waals surface area contributed by atoms with Crippen LogP contribution in [0.25, 0.3) is 0 Å². The zero-order valence-electron chi connectivity index (χ0n) is 15.6. The Morgan fingerprint density at radius 1 is 1.04 bits per heavy atom. The standard InChI is InChI=1S/C21H27N3O2/c1-3-24(20-7-5-4-6-17(20)2)21(26)16-22-12-14-23(15-13-22)18-8-10-19(25)11-9-18/h4-11,25H,3,12-16H2,1-2H3. The van der Waals surface area contributed by atoms with Crippen molar-refractivity contribution < 1.29 is 9.90 Å². The molecule has 0 aliphatic carbocycles. The van der Waals surface area contributed by atoms with Crippen molar-refractivity contribution in [1.29, 1.82) is 0 Å². The number of rotatable bonds is 5. The van der Waals surface area contributed by atoms with Crippen LogP contribution in [0.3, 0.4) is 0 Å². The Kier molecular flexibility index (Phi) is 5.78. The molecule has 1 amide bonds. The number of anilines is 2. The molecule has 0 atom stereocenters. The summed E-state index contributed by atoms with van der Waals surface area (Å²) in [5.41, 5.74) is 3.24.